The maximum absolute atomic E-state index is 12.4. The molecular weight excluding hydrogens is 374 g/mol. The Labute approximate surface area is 165 Å². The van der Waals surface area contributed by atoms with E-state index in [4.69, 9.17) is 4.74 Å². The highest BCUT2D eigenvalue weighted by atomic mass is 16.5. The lowest BCUT2D eigenvalue weighted by Gasteiger charge is -2.32. The molecule has 5 rings (SSSR count). The number of benzene rings is 1. The average molecular weight is 393 g/mol. The van der Waals surface area contributed by atoms with Crippen molar-refractivity contribution in [3.05, 3.63) is 63.1 Å². The molecule has 0 saturated carbocycles. The summed E-state index contributed by atoms with van der Waals surface area (Å²) in [5.41, 5.74) is 4.65. The van der Waals surface area contributed by atoms with Crippen LogP contribution in [0.4, 0.5) is 10.5 Å². The van der Waals surface area contributed by atoms with E-state index in [1.54, 1.807) is 7.05 Å². The summed E-state index contributed by atoms with van der Waals surface area (Å²) in [5.74, 6) is -1.23. The lowest BCUT2D eigenvalue weighted by atomic mass is 9.89. The third-order valence-corrected chi connectivity index (χ3v) is 5.94. The molecule has 2 aromatic rings. The SMILES string of the molecule is CNC(=O)Nc1cccc2c1CC1=C2[C@H]2OCC[C@H]2n2cc(C(=O)O)c(=O)cc21. The van der Waals surface area contributed by atoms with E-state index in [1.807, 2.05) is 22.8 Å². The Morgan fingerprint density at radius 1 is 1.31 bits per heavy atom. The summed E-state index contributed by atoms with van der Waals surface area (Å²) in [6.45, 7) is 0.561. The van der Waals surface area contributed by atoms with Gasteiger partial charge in [-0.15, -0.1) is 0 Å². The van der Waals surface area contributed by atoms with Gasteiger partial charge in [-0.2, -0.15) is 0 Å². The fourth-order valence-corrected chi connectivity index (χ4v) is 4.69. The Morgan fingerprint density at radius 2 is 2.14 bits per heavy atom. The third-order valence-electron chi connectivity index (χ3n) is 5.94. The standard InChI is InChI=1S/C21H19N3O5/c1-22-21(28)23-14-4-2-3-10-11(14)7-12-16-8-17(25)13(20(26)27)9-24(16)15-5-6-29-19(15)18(10)12/h2-4,8-9,15,19H,5-7H2,1H3,(H,26,27)(H2,22,23,28)/t15-,19+/m1/s1. The zero-order chi connectivity index (χ0) is 20.3. The van der Waals surface area contributed by atoms with Crippen molar-refractivity contribution in [3.63, 3.8) is 0 Å². The molecule has 2 atom stereocenters. The molecule has 8 nitrogen and oxygen atoms in total. The first-order chi connectivity index (χ1) is 14.0. The van der Waals surface area contributed by atoms with Crippen LogP contribution in [0.1, 0.15) is 39.6 Å². The number of hydrogen-bond donors (Lipinski definition) is 3. The second-order valence-corrected chi connectivity index (χ2v) is 7.40. The van der Waals surface area contributed by atoms with E-state index in [0.717, 1.165) is 34.4 Å². The number of nitrogens with zero attached hydrogens (tertiary/aromatic N) is 1. The van der Waals surface area contributed by atoms with Crippen LogP contribution in [-0.2, 0) is 11.2 Å². The summed E-state index contributed by atoms with van der Waals surface area (Å²) >= 11 is 0. The first-order valence-corrected chi connectivity index (χ1v) is 9.45. The third kappa shape index (κ3) is 2.52. The van der Waals surface area contributed by atoms with Gasteiger partial charge in [-0.3, -0.25) is 4.79 Å². The Hall–Kier alpha value is -3.39. The van der Waals surface area contributed by atoms with E-state index < -0.39 is 11.4 Å². The number of aromatic nitrogens is 1. The summed E-state index contributed by atoms with van der Waals surface area (Å²) in [7, 11) is 1.56. The molecule has 148 valence electrons. The summed E-state index contributed by atoms with van der Waals surface area (Å²) in [6, 6.07) is 6.79. The van der Waals surface area contributed by atoms with Crippen LogP contribution in [0, 0.1) is 0 Å². The number of fused-ring (bicyclic) bond motifs is 7. The molecule has 1 fully saturated rings. The van der Waals surface area contributed by atoms with Crippen LogP contribution in [0.25, 0.3) is 11.1 Å². The fourth-order valence-electron chi connectivity index (χ4n) is 4.69. The Bertz CT molecular complexity index is 1160. The molecule has 0 radical (unpaired) electrons. The smallest absolute Gasteiger partial charge is 0.341 e. The topological polar surface area (TPSA) is 110 Å². The molecule has 3 aliphatic rings. The molecule has 29 heavy (non-hydrogen) atoms. The summed E-state index contributed by atoms with van der Waals surface area (Å²) < 4.78 is 7.94. The van der Waals surface area contributed by atoms with E-state index in [-0.39, 0.29) is 23.7 Å². The number of amides is 2. The van der Waals surface area contributed by atoms with Crippen LogP contribution in [0.2, 0.25) is 0 Å². The van der Waals surface area contributed by atoms with E-state index in [9.17, 15) is 19.5 Å². The maximum Gasteiger partial charge on any atom is 0.341 e. The van der Waals surface area contributed by atoms with Gasteiger partial charge in [-0.25, -0.2) is 9.59 Å². The quantitative estimate of drug-likeness (QED) is 0.724. The van der Waals surface area contributed by atoms with Crippen LogP contribution in [0.3, 0.4) is 0 Å². The largest absolute Gasteiger partial charge is 0.477 e. The predicted molar refractivity (Wildman–Crippen MR) is 106 cm³/mol. The molecule has 2 amide bonds. The molecule has 3 N–H and O–H groups in total. The summed E-state index contributed by atoms with van der Waals surface area (Å²) in [6.07, 6.45) is 2.51. The van der Waals surface area contributed by atoms with Gasteiger partial charge in [0, 0.05) is 43.7 Å². The second-order valence-electron chi connectivity index (χ2n) is 7.40. The van der Waals surface area contributed by atoms with Gasteiger partial charge < -0.3 is 25.0 Å². The predicted octanol–water partition coefficient (Wildman–Crippen LogP) is 2.11. The molecule has 2 aliphatic heterocycles. The van der Waals surface area contributed by atoms with Crippen molar-refractivity contribution in [1.82, 2.24) is 9.88 Å². The highest BCUT2D eigenvalue weighted by Gasteiger charge is 2.43. The number of allylic oxidation sites excluding steroid dienone is 1. The fraction of sp³-hybridized carbons (Fsp3) is 0.286. The number of pyridine rings is 1. The molecule has 0 unspecified atom stereocenters. The van der Waals surface area contributed by atoms with E-state index in [1.165, 1.54) is 12.3 Å². The Morgan fingerprint density at radius 3 is 2.90 bits per heavy atom. The minimum Gasteiger partial charge on any atom is -0.477 e. The number of carboxylic acid groups (broad SMARTS) is 1. The van der Waals surface area contributed by atoms with Crippen molar-refractivity contribution in [2.75, 3.05) is 19.0 Å². The van der Waals surface area contributed by atoms with Crippen LogP contribution in [0.15, 0.2) is 35.3 Å². The molecule has 8 heteroatoms. The molecule has 0 spiro atoms. The van der Waals surface area contributed by atoms with E-state index >= 15 is 0 Å². The molecule has 1 aliphatic carbocycles. The number of nitrogens with one attached hydrogen (secondary N) is 2. The highest BCUT2D eigenvalue weighted by Crippen LogP contribution is 2.51. The highest BCUT2D eigenvalue weighted by molar-refractivity contribution is 6.03. The number of aromatic carboxylic acids is 1. The lowest BCUT2D eigenvalue weighted by Crippen LogP contribution is -2.31. The first kappa shape index (κ1) is 17.7. The molecule has 3 heterocycles. The lowest BCUT2D eigenvalue weighted by molar-refractivity contribution is 0.0693. The van der Waals surface area contributed by atoms with Crippen molar-refractivity contribution in [2.24, 2.45) is 0 Å². The number of ether oxygens (including phenoxy) is 1. The van der Waals surface area contributed by atoms with Gasteiger partial charge in [0.1, 0.15) is 11.7 Å². The van der Waals surface area contributed by atoms with Crippen molar-refractivity contribution in [3.8, 4) is 0 Å². The molecule has 1 saturated heterocycles. The Kier molecular flexibility index (Phi) is 3.85. The normalized spacial score (nSPS) is 21.1. The number of carbonyl (C=O) groups is 2. The zero-order valence-corrected chi connectivity index (χ0v) is 15.7. The number of carbonyl (C=O) groups excluding carboxylic acids is 1. The summed E-state index contributed by atoms with van der Waals surface area (Å²) in [5, 5.41) is 14.8. The van der Waals surface area contributed by atoms with Crippen molar-refractivity contribution < 1.29 is 19.4 Å². The minimum absolute atomic E-state index is 0.0658. The number of anilines is 1. The maximum atomic E-state index is 12.4. The molecule has 1 aromatic carbocycles. The van der Waals surface area contributed by atoms with Gasteiger partial charge in [0.15, 0.2) is 5.43 Å². The van der Waals surface area contributed by atoms with Gasteiger partial charge in [0.25, 0.3) is 0 Å². The summed E-state index contributed by atoms with van der Waals surface area (Å²) in [4.78, 5) is 35.8. The van der Waals surface area contributed by atoms with E-state index in [2.05, 4.69) is 10.6 Å². The second kappa shape index (κ2) is 6.31. The molecule has 1 aromatic heterocycles. The van der Waals surface area contributed by atoms with Crippen LogP contribution in [-0.4, -0.2) is 41.4 Å². The number of hydrogen-bond acceptors (Lipinski definition) is 4. The average Bonchev–Trinajstić information content (AvgIpc) is 3.32. The van der Waals surface area contributed by atoms with Crippen LogP contribution in [0.5, 0.6) is 0 Å². The first-order valence-electron chi connectivity index (χ1n) is 9.45. The molecular formula is C21H19N3O5. The van der Waals surface area contributed by atoms with Crippen LogP contribution >= 0.6 is 0 Å². The number of rotatable bonds is 2. The van der Waals surface area contributed by atoms with Gasteiger partial charge in [0.05, 0.1) is 6.04 Å². The van der Waals surface area contributed by atoms with Gasteiger partial charge >= 0.3 is 12.0 Å². The zero-order valence-electron chi connectivity index (χ0n) is 15.7. The van der Waals surface area contributed by atoms with Crippen molar-refractivity contribution >= 4 is 28.8 Å². The van der Waals surface area contributed by atoms with Gasteiger partial charge in [-0.1, -0.05) is 12.1 Å². The Balaban J connectivity index is 1.69. The monoisotopic (exact) mass is 393 g/mol. The van der Waals surface area contributed by atoms with E-state index in [0.29, 0.717) is 18.7 Å². The van der Waals surface area contributed by atoms with Crippen LogP contribution < -0.4 is 16.1 Å². The number of carboxylic acids is 1. The molecule has 0 bridgehead atoms. The van der Waals surface area contributed by atoms with Crippen molar-refractivity contribution in [2.45, 2.75) is 25.0 Å². The van der Waals surface area contributed by atoms with Crippen molar-refractivity contribution in [1.29, 1.82) is 0 Å². The number of urea groups is 1. The minimum atomic E-state index is -1.23. The van der Waals surface area contributed by atoms with Gasteiger partial charge in [-0.05, 0) is 34.8 Å². The van der Waals surface area contributed by atoms with Gasteiger partial charge in [0.2, 0.25) is 0 Å².